The molecule has 1 fully saturated rings. The smallest absolute Gasteiger partial charge is 0.0807 e. The molecule has 2 unspecified atom stereocenters. The second-order valence-electron chi connectivity index (χ2n) is 3.67. The van der Waals surface area contributed by atoms with E-state index in [2.05, 4.69) is 32.2 Å². The number of aliphatic hydroxyl groups is 2. The standard InChI is InChI=1S/C6H14OS2.C4H8O.C2H6OS/c1-2-6(7)5-9-4-3-8;1-2-4-3-5-4;3-1-2-4/h6-8H,2-5H2,1H3;4H,2-3H2,1H3;3-4H,1-2H2. The summed E-state index contributed by atoms with van der Waals surface area (Å²) < 4.78 is 4.86. The van der Waals surface area contributed by atoms with Gasteiger partial charge < -0.3 is 14.9 Å². The van der Waals surface area contributed by atoms with Crippen LogP contribution in [0.4, 0.5) is 0 Å². The minimum Gasteiger partial charge on any atom is -0.396 e. The Morgan fingerprint density at radius 2 is 1.89 bits per heavy atom. The fraction of sp³-hybridized carbons (Fsp3) is 1.00. The number of thioether (sulfide) groups is 1. The first-order valence-corrected chi connectivity index (χ1v) is 8.78. The molecule has 1 heterocycles. The Morgan fingerprint density at radius 3 is 2.11 bits per heavy atom. The summed E-state index contributed by atoms with van der Waals surface area (Å²) >= 11 is 9.48. The van der Waals surface area contributed by atoms with Crippen LogP contribution in [0.2, 0.25) is 0 Å². The molecule has 6 heteroatoms. The van der Waals surface area contributed by atoms with Crippen molar-refractivity contribution in [3.8, 4) is 0 Å². The molecular weight excluding hydrogens is 288 g/mol. The molecule has 0 aliphatic carbocycles. The van der Waals surface area contributed by atoms with Crippen LogP contribution >= 0.6 is 37.0 Å². The lowest BCUT2D eigenvalue weighted by atomic mass is 10.3. The Labute approximate surface area is 127 Å². The predicted molar refractivity (Wildman–Crippen MR) is 88.4 cm³/mol. The molecule has 0 spiro atoms. The molecule has 0 saturated carbocycles. The van der Waals surface area contributed by atoms with Crippen LogP contribution in [0.5, 0.6) is 0 Å². The van der Waals surface area contributed by atoms with Gasteiger partial charge in [-0.2, -0.15) is 37.0 Å². The molecule has 0 aromatic rings. The number of hydrogen-bond acceptors (Lipinski definition) is 6. The molecule has 3 nitrogen and oxygen atoms in total. The van der Waals surface area contributed by atoms with Crippen molar-refractivity contribution in [2.45, 2.75) is 38.9 Å². The monoisotopic (exact) mass is 316 g/mol. The molecule has 0 aromatic carbocycles. The van der Waals surface area contributed by atoms with Crippen LogP contribution in [0.15, 0.2) is 0 Å². The summed E-state index contributed by atoms with van der Waals surface area (Å²) in [4.78, 5) is 0. The Morgan fingerprint density at radius 1 is 1.33 bits per heavy atom. The van der Waals surface area contributed by atoms with E-state index in [9.17, 15) is 0 Å². The Kier molecular flexibility index (Phi) is 21.1. The minimum absolute atomic E-state index is 0.116. The number of epoxide rings is 1. The van der Waals surface area contributed by atoms with Crippen molar-refractivity contribution >= 4 is 37.0 Å². The summed E-state index contributed by atoms with van der Waals surface area (Å²) in [6, 6.07) is 0. The zero-order chi connectivity index (χ0) is 14.2. The largest absolute Gasteiger partial charge is 0.396 e. The van der Waals surface area contributed by atoms with Gasteiger partial charge in [-0.25, -0.2) is 0 Å². The van der Waals surface area contributed by atoms with Gasteiger partial charge in [0.25, 0.3) is 0 Å². The molecule has 1 aliphatic rings. The maximum absolute atomic E-state index is 9.04. The Hall–Kier alpha value is 0.930. The molecule has 1 aliphatic heterocycles. The van der Waals surface area contributed by atoms with Crippen LogP contribution in [-0.2, 0) is 4.74 Å². The number of ether oxygens (including phenoxy) is 1. The maximum atomic E-state index is 9.04. The normalized spacial score (nSPS) is 18.0. The highest BCUT2D eigenvalue weighted by Gasteiger charge is 2.18. The number of hydrogen-bond donors (Lipinski definition) is 4. The van der Waals surface area contributed by atoms with E-state index in [1.165, 1.54) is 6.42 Å². The van der Waals surface area contributed by atoms with E-state index in [-0.39, 0.29) is 12.7 Å². The van der Waals surface area contributed by atoms with Crippen molar-refractivity contribution in [1.82, 2.24) is 0 Å². The molecule has 112 valence electrons. The zero-order valence-corrected chi connectivity index (χ0v) is 14.0. The van der Waals surface area contributed by atoms with Crippen LogP contribution in [0, 0.1) is 0 Å². The molecular formula is C12H28O3S3. The summed E-state index contributed by atoms with van der Waals surface area (Å²) in [5, 5.41) is 16.8. The van der Waals surface area contributed by atoms with Gasteiger partial charge >= 0.3 is 0 Å². The first-order chi connectivity index (χ1) is 8.65. The maximum Gasteiger partial charge on any atom is 0.0807 e. The first-order valence-electron chi connectivity index (χ1n) is 6.36. The quantitative estimate of drug-likeness (QED) is 0.330. The van der Waals surface area contributed by atoms with Gasteiger partial charge in [-0.3, -0.25) is 0 Å². The molecule has 1 rings (SSSR count). The van der Waals surface area contributed by atoms with Gasteiger partial charge in [-0.1, -0.05) is 13.8 Å². The van der Waals surface area contributed by atoms with Crippen molar-refractivity contribution in [2.24, 2.45) is 0 Å². The summed E-state index contributed by atoms with van der Waals surface area (Å²) in [6.07, 6.45) is 2.57. The zero-order valence-electron chi connectivity index (χ0n) is 11.4. The summed E-state index contributed by atoms with van der Waals surface area (Å²) in [6.45, 7) is 5.32. The fourth-order valence-electron chi connectivity index (χ4n) is 0.706. The van der Waals surface area contributed by atoms with Crippen LogP contribution in [-0.4, -0.2) is 58.6 Å². The third-order valence-electron chi connectivity index (χ3n) is 1.97. The second-order valence-corrected chi connectivity index (χ2v) is 5.72. The van der Waals surface area contributed by atoms with Gasteiger partial charge in [0.05, 0.1) is 25.4 Å². The van der Waals surface area contributed by atoms with E-state index in [1.54, 1.807) is 11.8 Å². The second kappa shape index (κ2) is 17.9. The Bertz CT molecular complexity index is 145. The average Bonchev–Trinajstić information content (AvgIpc) is 3.23. The van der Waals surface area contributed by atoms with E-state index >= 15 is 0 Å². The number of aliphatic hydroxyl groups excluding tert-OH is 2. The molecule has 0 radical (unpaired) electrons. The van der Waals surface area contributed by atoms with Crippen LogP contribution in [0.1, 0.15) is 26.7 Å². The van der Waals surface area contributed by atoms with Crippen LogP contribution in [0.25, 0.3) is 0 Å². The van der Waals surface area contributed by atoms with E-state index in [1.807, 2.05) is 6.92 Å². The molecule has 2 atom stereocenters. The molecule has 18 heavy (non-hydrogen) atoms. The van der Waals surface area contributed by atoms with Gasteiger partial charge in [-0.15, -0.1) is 0 Å². The average molecular weight is 317 g/mol. The highest BCUT2D eigenvalue weighted by molar-refractivity contribution is 8.00. The van der Waals surface area contributed by atoms with E-state index < -0.39 is 0 Å². The summed E-state index contributed by atoms with van der Waals surface area (Å²) in [7, 11) is 0. The van der Waals surface area contributed by atoms with Gasteiger partial charge in [0, 0.05) is 17.3 Å². The minimum atomic E-state index is -0.116. The van der Waals surface area contributed by atoms with Crippen molar-refractivity contribution in [3.63, 3.8) is 0 Å². The lowest BCUT2D eigenvalue weighted by molar-refractivity contribution is 0.195. The van der Waals surface area contributed by atoms with Crippen molar-refractivity contribution in [2.75, 3.05) is 36.2 Å². The SMILES string of the molecule is CCC(O)CSCCS.CCC1CO1.OCCS. The molecule has 2 N–H and O–H groups in total. The summed E-state index contributed by atoms with van der Waals surface area (Å²) in [5.74, 6) is 3.37. The fourth-order valence-corrected chi connectivity index (χ4v) is 1.90. The topological polar surface area (TPSA) is 53.0 Å². The van der Waals surface area contributed by atoms with E-state index in [0.717, 1.165) is 30.3 Å². The van der Waals surface area contributed by atoms with E-state index in [4.69, 9.17) is 14.9 Å². The predicted octanol–water partition coefficient (Wildman–Crippen LogP) is 2.12. The van der Waals surface area contributed by atoms with Gasteiger partial charge in [0.2, 0.25) is 0 Å². The molecule has 0 bridgehead atoms. The number of rotatable bonds is 7. The van der Waals surface area contributed by atoms with Crippen LogP contribution < -0.4 is 0 Å². The van der Waals surface area contributed by atoms with Crippen molar-refractivity contribution < 1.29 is 14.9 Å². The lowest BCUT2D eigenvalue weighted by Gasteiger charge is -2.04. The number of thiol groups is 2. The lowest BCUT2D eigenvalue weighted by Crippen LogP contribution is -2.07. The third kappa shape index (κ3) is 22.1. The molecule has 1 saturated heterocycles. The van der Waals surface area contributed by atoms with Crippen molar-refractivity contribution in [3.05, 3.63) is 0 Å². The van der Waals surface area contributed by atoms with Crippen LogP contribution in [0.3, 0.4) is 0 Å². The highest BCUT2D eigenvalue weighted by atomic mass is 32.2. The van der Waals surface area contributed by atoms with Gasteiger partial charge in [0.15, 0.2) is 0 Å². The Balaban J connectivity index is 0. The van der Waals surface area contributed by atoms with Gasteiger partial charge in [-0.05, 0) is 18.6 Å². The van der Waals surface area contributed by atoms with Gasteiger partial charge in [0.1, 0.15) is 0 Å². The van der Waals surface area contributed by atoms with Crippen molar-refractivity contribution in [1.29, 1.82) is 0 Å². The first kappa shape index (κ1) is 21.2. The summed E-state index contributed by atoms with van der Waals surface area (Å²) in [5.41, 5.74) is 0. The third-order valence-corrected chi connectivity index (χ3v) is 3.81. The highest BCUT2D eigenvalue weighted by Crippen LogP contribution is 2.10. The van der Waals surface area contributed by atoms with E-state index in [0.29, 0.717) is 11.9 Å². The molecule has 0 amide bonds. The molecule has 0 aromatic heterocycles.